The zero-order valence-electron chi connectivity index (χ0n) is 15.7. The summed E-state index contributed by atoms with van der Waals surface area (Å²) in [6.45, 7) is 4.93. The van der Waals surface area contributed by atoms with Gasteiger partial charge in [0.05, 0.1) is 18.1 Å². The van der Waals surface area contributed by atoms with E-state index >= 15 is 0 Å². The maximum atomic E-state index is 12.3. The number of carbonyl (C=O) groups excluding carboxylic acids is 1. The van der Waals surface area contributed by atoms with Crippen molar-refractivity contribution in [2.45, 2.75) is 38.8 Å². The fraction of sp³-hybridized carbons (Fsp3) is 0.316. The summed E-state index contributed by atoms with van der Waals surface area (Å²) in [5.74, 6) is 0.146. The molecule has 3 rings (SSSR count). The van der Waals surface area contributed by atoms with Crippen LogP contribution in [0.15, 0.2) is 49.1 Å². The minimum atomic E-state index is -0.665. The van der Waals surface area contributed by atoms with Gasteiger partial charge in [-0.2, -0.15) is 0 Å². The molecule has 28 heavy (non-hydrogen) atoms. The van der Waals surface area contributed by atoms with Crippen LogP contribution in [0.3, 0.4) is 0 Å². The lowest BCUT2D eigenvalue weighted by Gasteiger charge is -2.09. The van der Waals surface area contributed by atoms with E-state index in [2.05, 4.69) is 41.3 Å². The van der Waals surface area contributed by atoms with Crippen LogP contribution in [-0.4, -0.2) is 26.5 Å². The molecule has 0 bridgehead atoms. The Balaban J connectivity index is 0.00000196. The fourth-order valence-electron chi connectivity index (χ4n) is 2.52. The average Bonchev–Trinajstić information content (AvgIpc) is 3.25. The number of halogens is 2. The summed E-state index contributed by atoms with van der Waals surface area (Å²) in [5, 5.41) is 3.38. The Morgan fingerprint density at radius 3 is 2.57 bits per heavy atom. The van der Waals surface area contributed by atoms with E-state index in [1.165, 1.54) is 16.9 Å². The number of nitrogens with two attached hydrogens (primary N) is 1. The molecule has 1 amide bonds. The van der Waals surface area contributed by atoms with Crippen LogP contribution in [0.2, 0.25) is 0 Å². The second-order valence-electron chi connectivity index (χ2n) is 6.55. The van der Waals surface area contributed by atoms with Crippen molar-refractivity contribution in [1.29, 1.82) is 0 Å². The van der Waals surface area contributed by atoms with Gasteiger partial charge < -0.3 is 15.6 Å². The van der Waals surface area contributed by atoms with E-state index < -0.39 is 6.04 Å². The van der Waals surface area contributed by atoms with Crippen molar-refractivity contribution >= 4 is 47.2 Å². The number of benzene rings is 1. The molecule has 1 aromatic carbocycles. The van der Waals surface area contributed by atoms with Gasteiger partial charge in [-0.25, -0.2) is 9.97 Å². The number of thiazole rings is 1. The number of aromatic nitrogens is 3. The fourth-order valence-corrected chi connectivity index (χ4v) is 3.34. The Labute approximate surface area is 181 Å². The van der Waals surface area contributed by atoms with Crippen molar-refractivity contribution in [3.63, 3.8) is 0 Å². The number of carbonyl (C=O) groups is 1. The lowest BCUT2D eigenvalue weighted by molar-refractivity contribution is -0.117. The number of nitrogens with one attached hydrogen (secondary N) is 1. The van der Waals surface area contributed by atoms with E-state index in [9.17, 15) is 4.79 Å². The topological polar surface area (TPSA) is 85.8 Å². The van der Waals surface area contributed by atoms with E-state index in [1.807, 2.05) is 29.0 Å². The Hall–Kier alpha value is -1.93. The number of imidazole rings is 1. The van der Waals surface area contributed by atoms with E-state index in [0.717, 1.165) is 17.1 Å². The second kappa shape index (κ2) is 11.2. The summed E-state index contributed by atoms with van der Waals surface area (Å²) in [5.41, 5.74) is 8.04. The quantitative estimate of drug-likeness (QED) is 0.582. The van der Waals surface area contributed by atoms with Crippen molar-refractivity contribution in [2.24, 2.45) is 5.73 Å². The van der Waals surface area contributed by atoms with Gasteiger partial charge in [-0.05, 0) is 11.5 Å². The van der Waals surface area contributed by atoms with Crippen LogP contribution in [0, 0.1) is 0 Å². The molecule has 0 aliphatic rings. The highest BCUT2D eigenvalue weighted by Crippen LogP contribution is 2.25. The van der Waals surface area contributed by atoms with Gasteiger partial charge in [0.15, 0.2) is 5.13 Å². The Kier molecular flexibility index (Phi) is 9.61. The Bertz CT molecular complexity index is 866. The van der Waals surface area contributed by atoms with Gasteiger partial charge in [0, 0.05) is 30.2 Å². The summed E-state index contributed by atoms with van der Waals surface area (Å²) in [7, 11) is 0. The lowest BCUT2D eigenvalue weighted by atomic mass is 10.1. The standard InChI is InChI=1S/C19H23N5OS.2ClH/c1-13(2)17-9-21-19(26-17)23-18(25)16(20)8-15-11-24(12-22-15)10-14-6-4-3-5-7-14;;/h3-7,9,11-13,16H,8,10,20H2,1-2H3,(H,21,23,25);2*1H/t16-;;/m0../s1. The lowest BCUT2D eigenvalue weighted by Crippen LogP contribution is -2.37. The van der Waals surface area contributed by atoms with Crippen LogP contribution >= 0.6 is 36.2 Å². The SMILES string of the molecule is CC(C)c1cnc(NC(=O)[C@@H](N)Cc2cn(Cc3ccccc3)cn2)s1.Cl.Cl. The summed E-state index contributed by atoms with van der Waals surface area (Å²) in [4.78, 5) is 22.0. The number of anilines is 1. The normalized spacial score (nSPS) is 11.4. The minimum absolute atomic E-state index is 0. The van der Waals surface area contributed by atoms with Gasteiger partial charge in [0.25, 0.3) is 0 Å². The molecule has 0 radical (unpaired) electrons. The molecule has 9 heteroatoms. The number of amides is 1. The van der Waals surface area contributed by atoms with Crippen LogP contribution in [0.4, 0.5) is 5.13 Å². The van der Waals surface area contributed by atoms with E-state index in [-0.39, 0.29) is 30.7 Å². The zero-order chi connectivity index (χ0) is 18.5. The van der Waals surface area contributed by atoms with Crippen molar-refractivity contribution in [3.05, 3.63) is 65.2 Å². The van der Waals surface area contributed by atoms with E-state index in [0.29, 0.717) is 17.5 Å². The number of rotatable bonds is 7. The monoisotopic (exact) mass is 441 g/mol. The molecule has 3 N–H and O–H groups in total. The van der Waals surface area contributed by atoms with Crippen molar-refractivity contribution < 1.29 is 4.79 Å². The highest BCUT2D eigenvalue weighted by Gasteiger charge is 2.17. The van der Waals surface area contributed by atoms with Gasteiger partial charge in [-0.1, -0.05) is 44.2 Å². The largest absolute Gasteiger partial charge is 0.333 e. The molecule has 152 valence electrons. The van der Waals surface area contributed by atoms with Crippen LogP contribution in [0.1, 0.15) is 35.9 Å². The average molecular weight is 442 g/mol. The molecule has 0 aliphatic heterocycles. The predicted molar refractivity (Wildman–Crippen MR) is 119 cm³/mol. The highest BCUT2D eigenvalue weighted by atomic mass is 35.5. The summed E-state index contributed by atoms with van der Waals surface area (Å²) < 4.78 is 1.99. The first-order chi connectivity index (χ1) is 12.5. The Morgan fingerprint density at radius 2 is 1.93 bits per heavy atom. The molecule has 1 atom stereocenters. The molecular weight excluding hydrogens is 417 g/mol. The van der Waals surface area contributed by atoms with Crippen LogP contribution < -0.4 is 11.1 Å². The molecule has 0 saturated carbocycles. The zero-order valence-corrected chi connectivity index (χ0v) is 18.2. The summed E-state index contributed by atoms with van der Waals surface area (Å²) in [6, 6.07) is 9.48. The molecule has 0 aliphatic carbocycles. The third kappa shape index (κ3) is 6.60. The van der Waals surface area contributed by atoms with Gasteiger partial charge in [0.1, 0.15) is 0 Å². The van der Waals surface area contributed by atoms with Gasteiger partial charge in [-0.15, -0.1) is 36.2 Å². The molecule has 2 heterocycles. The summed E-state index contributed by atoms with van der Waals surface area (Å²) >= 11 is 1.48. The first kappa shape index (κ1) is 24.1. The molecule has 3 aromatic rings. The van der Waals surface area contributed by atoms with Gasteiger partial charge >= 0.3 is 0 Å². The van der Waals surface area contributed by atoms with Gasteiger partial charge in [-0.3, -0.25) is 4.79 Å². The predicted octanol–water partition coefficient (Wildman–Crippen LogP) is 3.86. The molecule has 0 unspecified atom stereocenters. The van der Waals surface area contributed by atoms with Crippen LogP contribution in [0.25, 0.3) is 0 Å². The minimum Gasteiger partial charge on any atom is -0.333 e. The molecular formula is C19H25Cl2N5OS. The molecule has 0 spiro atoms. The molecule has 0 fully saturated rings. The maximum Gasteiger partial charge on any atom is 0.243 e. The number of nitrogens with zero attached hydrogens (tertiary/aromatic N) is 3. The third-order valence-electron chi connectivity index (χ3n) is 3.98. The third-order valence-corrected chi connectivity index (χ3v) is 5.20. The summed E-state index contributed by atoms with van der Waals surface area (Å²) in [6.07, 6.45) is 5.88. The van der Waals surface area contributed by atoms with Crippen LogP contribution in [-0.2, 0) is 17.8 Å². The smallest absolute Gasteiger partial charge is 0.243 e. The first-order valence-electron chi connectivity index (χ1n) is 8.58. The first-order valence-corrected chi connectivity index (χ1v) is 9.39. The van der Waals surface area contributed by atoms with Crippen molar-refractivity contribution in [3.8, 4) is 0 Å². The van der Waals surface area contributed by atoms with E-state index in [1.54, 1.807) is 12.5 Å². The van der Waals surface area contributed by atoms with E-state index in [4.69, 9.17) is 5.73 Å². The highest BCUT2D eigenvalue weighted by molar-refractivity contribution is 7.15. The maximum absolute atomic E-state index is 12.3. The second-order valence-corrected chi connectivity index (χ2v) is 7.61. The molecule has 0 saturated heterocycles. The number of hydrogen-bond acceptors (Lipinski definition) is 5. The number of hydrogen-bond donors (Lipinski definition) is 2. The van der Waals surface area contributed by atoms with Crippen molar-refractivity contribution in [2.75, 3.05) is 5.32 Å². The Morgan fingerprint density at radius 1 is 1.21 bits per heavy atom. The molecule has 6 nitrogen and oxygen atoms in total. The van der Waals surface area contributed by atoms with Crippen LogP contribution in [0.5, 0.6) is 0 Å². The van der Waals surface area contributed by atoms with Gasteiger partial charge in [0.2, 0.25) is 5.91 Å². The molecule has 2 aromatic heterocycles. The van der Waals surface area contributed by atoms with Crippen molar-refractivity contribution in [1.82, 2.24) is 14.5 Å².